The summed E-state index contributed by atoms with van der Waals surface area (Å²) < 4.78 is 19.9. The molecule has 176 valence electrons. The maximum atomic E-state index is 14.5. The van der Waals surface area contributed by atoms with E-state index < -0.39 is 0 Å². The van der Waals surface area contributed by atoms with Crippen molar-refractivity contribution in [2.75, 3.05) is 44.3 Å². The quantitative estimate of drug-likeness (QED) is 0.579. The van der Waals surface area contributed by atoms with Crippen LogP contribution >= 0.6 is 0 Å². The highest BCUT2D eigenvalue weighted by atomic mass is 19.1. The molecule has 2 fully saturated rings. The maximum absolute atomic E-state index is 14.5. The largest absolute Gasteiger partial charge is 0.381 e. The number of rotatable bonds is 5. The Labute approximate surface area is 199 Å². The van der Waals surface area contributed by atoms with Crippen molar-refractivity contribution in [3.63, 3.8) is 0 Å². The number of aryl methyl sites for hydroxylation is 1. The van der Waals surface area contributed by atoms with Crippen molar-refractivity contribution >= 4 is 11.7 Å². The predicted octanol–water partition coefficient (Wildman–Crippen LogP) is 3.87. The van der Waals surface area contributed by atoms with Gasteiger partial charge in [-0.05, 0) is 25.0 Å². The molecular weight excluding hydrogens is 431 g/mol. The third-order valence-electron chi connectivity index (χ3n) is 6.72. The van der Waals surface area contributed by atoms with Crippen molar-refractivity contribution in [1.29, 1.82) is 0 Å². The zero-order valence-electron chi connectivity index (χ0n) is 19.4. The van der Waals surface area contributed by atoms with Crippen LogP contribution in [0.3, 0.4) is 0 Å². The van der Waals surface area contributed by atoms with Crippen LogP contribution in [0.25, 0.3) is 11.4 Å². The molecule has 2 aliphatic heterocycles. The van der Waals surface area contributed by atoms with Gasteiger partial charge in [-0.1, -0.05) is 48.5 Å². The lowest BCUT2D eigenvalue weighted by molar-refractivity contribution is -0.135. The number of aromatic nitrogens is 2. The average Bonchev–Trinajstić information content (AvgIpc) is 3.42. The van der Waals surface area contributed by atoms with E-state index in [0.717, 1.165) is 29.1 Å². The summed E-state index contributed by atoms with van der Waals surface area (Å²) in [6.07, 6.45) is 1.22. The molecule has 7 heteroatoms. The summed E-state index contributed by atoms with van der Waals surface area (Å²) in [6.45, 7) is 5.78. The van der Waals surface area contributed by atoms with E-state index in [4.69, 9.17) is 14.7 Å². The normalized spacial score (nSPS) is 18.4. The van der Waals surface area contributed by atoms with E-state index >= 15 is 0 Å². The molecule has 0 saturated carbocycles. The Balaban J connectivity index is 1.44. The molecule has 0 aliphatic carbocycles. The lowest BCUT2D eigenvalue weighted by Crippen LogP contribution is -2.51. The van der Waals surface area contributed by atoms with Gasteiger partial charge in [-0.25, -0.2) is 14.4 Å². The Bertz CT molecular complexity index is 1160. The molecule has 2 aliphatic rings. The number of amides is 1. The van der Waals surface area contributed by atoms with Gasteiger partial charge in [0.25, 0.3) is 0 Å². The Kier molecular flexibility index (Phi) is 6.54. The summed E-state index contributed by atoms with van der Waals surface area (Å²) in [7, 11) is 0. The van der Waals surface area contributed by atoms with Gasteiger partial charge in [0.1, 0.15) is 11.6 Å². The van der Waals surface area contributed by atoms with Crippen LogP contribution in [0.1, 0.15) is 23.2 Å². The summed E-state index contributed by atoms with van der Waals surface area (Å²) in [5.74, 6) is 1.42. The molecule has 1 amide bonds. The average molecular weight is 461 g/mol. The molecule has 1 unspecified atom stereocenters. The summed E-state index contributed by atoms with van der Waals surface area (Å²) in [6, 6.07) is 16.7. The van der Waals surface area contributed by atoms with Crippen molar-refractivity contribution < 1.29 is 13.9 Å². The first-order valence-electron chi connectivity index (χ1n) is 11.9. The molecular formula is C27H29FN4O2. The standard InChI is InChI=1S/C27H29FN4O2/c1-19-23(17-21-9-5-6-10-24(21)28)26(30-25(29-19)20-7-3-2-4-8-20)31-12-14-32(15-13-31)27(33)22-11-16-34-18-22/h2-10,22H,11-18H2,1H3. The van der Waals surface area contributed by atoms with Gasteiger partial charge in [0.05, 0.1) is 12.5 Å². The Morgan fingerprint density at radius 2 is 1.76 bits per heavy atom. The van der Waals surface area contributed by atoms with Crippen molar-refractivity contribution in [2.45, 2.75) is 19.8 Å². The van der Waals surface area contributed by atoms with Gasteiger partial charge in [0, 0.05) is 56.0 Å². The van der Waals surface area contributed by atoms with Crippen LogP contribution in [0.15, 0.2) is 54.6 Å². The van der Waals surface area contributed by atoms with Crippen LogP contribution in [0, 0.1) is 18.7 Å². The van der Waals surface area contributed by atoms with Gasteiger partial charge in [-0.2, -0.15) is 0 Å². The molecule has 3 aromatic rings. The number of nitrogens with zero attached hydrogens (tertiary/aromatic N) is 4. The highest BCUT2D eigenvalue weighted by Crippen LogP contribution is 2.29. The van der Waals surface area contributed by atoms with Gasteiger partial charge in [0.15, 0.2) is 5.82 Å². The maximum Gasteiger partial charge on any atom is 0.228 e. The summed E-state index contributed by atoms with van der Waals surface area (Å²) >= 11 is 0. The van der Waals surface area contributed by atoms with Gasteiger partial charge >= 0.3 is 0 Å². The minimum absolute atomic E-state index is 0.0193. The highest BCUT2D eigenvalue weighted by molar-refractivity contribution is 5.79. The highest BCUT2D eigenvalue weighted by Gasteiger charge is 2.31. The fourth-order valence-corrected chi connectivity index (χ4v) is 4.72. The SMILES string of the molecule is Cc1nc(-c2ccccc2)nc(N2CCN(C(=O)C3CCOC3)CC2)c1Cc1ccccc1F. The predicted molar refractivity (Wildman–Crippen MR) is 129 cm³/mol. The fraction of sp³-hybridized carbons (Fsp3) is 0.370. The van der Waals surface area contributed by atoms with Crippen LogP contribution in [-0.4, -0.2) is 60.2 Å². The molecule has 2 saturated heterocycles. The van der Waals surface area contributed by atoms with E-state index in [9.17, 15) is 9.18 Å². The number of anilines is 1. The van der Waals surface area contributed by atoms with Crippen molar-refractivity contribution in [3.05, 3.63) is 77.2 Å². The molecule has 0 radical (unpaired) electrons. The van der Waals surface area contributed by atoms with E-state index in [-0.39, 0.29) is 17.6 Å². The van der Waals surface area contributed by atoms with Crippen molar-refractivity contribution in [2.24, 2.45) is 5.92 Å². The lowest BCUT2D eigenvalue weighted by atomic mass is 10.0. The number of benzene rings is 2. The summed E-state index contributed by atoms with van der Waals surface area (Å²) in [5, 5.41) is 0. The summed E-state index contributed by atoms with van der Waals surface area (Å²) in [4.78, 5) is 26.8. The second-order valence-corrected chi connectivity index (χ2v) is 8.94. The van der Waals surface area contributed by atoms with Gasteiger partial charge in [0.2, 0.25) is 5.91 Å². The molecule has 0 spiro atoms. The fourth-order valence-electron chi connectivity index (χ4n) is 4.72. The molecule has 0 N–H and O–H groups in total. The van der Waals surface area contributed by atoms with Crippen LogP contribution < -0.4 is 4.90 Å². The van der Waals surface area contributed by atoms with E-state index in [1.807, 2.05) is 54.3 Å². The van der Waals surface area contributed by atoms with Crippen molar-refractivity contribution in [3.8, 4) is 11.4 Å². The zero-order valence-corrected chi connectivity index (χ0v) is 19.4. The third-order valence-corrected chi connectivity index (χ3v) is 6.72. The van der Waals surface area contributed by atoms with Crippen LogP contribution in [-0.2, 0) is 16.0 Å². The smallest absolute Gasteiger partial charge is 0.228 e. The molecule has 1 atom stereocenters. The molecule has 3 heterocycles. The number of carbonyl (C=O) groups is 1. The van der Waals surface area contributed by atoms with Gasteiger partial charge < -0.3 is 14.5 Å². The number of hydrogen-bond acceptors (Lipinski definition) is 5. The van der Waals surface area contributed by atoms with E-state index in [2.05, 4.69) is 4.90 Å². The molecule has 34 heavy (non-hydrogen) atoms. The number of halogens is 1. The Hall–Kier alpha value is -3.32. The first kappa shape index (κ1) is 22.5. The van der Waals surface area contributed by atoms with Crippen LogP contribution in [0.2, 0.25) is 0 Å². The summed E-state index contributed by atoms with van der Waals surface area (Å²) in [5.41, 5.74) is 3.33. The Morgan fingerprint density at radius 1 is 1.03 bits per heavy atom. The number of piperazine rings is 1. The number of hydrogen-bond donors (Lipinski definition) is 0. The van der Waals surface area contributed by atoms with Crippen LogP contribution in [0.5, 0.6) is 0 Å². The first-order chi connectivity index (χ1) is 16.6. The topological polar surface area (TPSA) is 58.6 Å². The van der Waals surface area contributed by atoms with Gasteiger partial charge in [-0.3, -0.25) is 4.79 Å². The van der Waals surface area contributed by atoms with E-state index in [1.165, 1.54) is 6.07 Å². The first-order valence-corrected chi connectivity index (χ1v) is 11.9. The Morgan fingerprint density at radius 3 is 2.47 bits per heavy atom. The molecule has 0 bridgehead atoms. The minimum Gasteiger partial charge on any atom is -0.381 e. The van der Waals surface area contributed by atoms with Gasteiger partial charge in [-0.15, -0.1) is 0 Å². The molecule has 2 aromatic carbocycles. The van der Waals surface area contributed by atoms with Crippen LogP contribution in [0.4, 0.5) is 10.2 Å². The minimum atomic E-state index is -0.228. The zero-order chi connectivity index (χ0) is 23.5. The molecule has 6 nitrogen and oxygen atoms in total. The van der Waals surface area contributed by atoms with Crippen molar-refractivity contribution in [1.82, 2.24) is 14.9 Å². The number of ether oxygens (including phenoxy) is 1. The monoisotopic (exact) mass is 460 g/mol. The molecule has 1 aromatic heterocycles. The van der Waals surface area contributed by atoms with E-state index in [1.54, 1.807) is 6.07 Å². The lowest BCUT2D eigenvalue weighted by Gasteiger charge is -2.37. The molecule has 5 rings (SSSR count). The number of carbonyl (C=O) groups excluding carboxylic acids is 1. The van der Waals surface area contributed by atoms with E-state index in [0.29, 0.717) is 57.2 Å². The third kappa shape index (κ3) is 4.66. The second kappa shape index (κ2) is 9.89. The second-order valence-electron chi connectivity index (χ2n) is 8.94.